The van der Waals surface area contributed by atoms with Crippen LogP contribution in [0.4, 0.5) is 5.82 Å². The standard InChI is InChI=1S/C17H12N4O4S2/c1-9-4-5-12(27-9)10-8-26-17-14(10)16(22)19-13(20-17)7-25-11-3-2-6-18-15(11)21(23)24/h2-6,8H,7H2,1H3,(H,19,20,22). The number of nitrogens with zero attached hydrogens (tertiary/aromatic N) is 3. The van der Waals surface area contributed by atoms with Crippen molar-refractivity contribution in [3.8, 4) is 16.2 Å². The topological polar surface area (TPSA) is 111 Å². The van der Waals surface area contributed by atoms with E-state index in [-0.39, 0.29) is 23.7 Å². The number of pyridine rings is 1. The summed E-state index contributed by atoms with van der Waals surface area (Å²) < 4.78 is 5.45. The van der Waals surface area contributed by atoms with Crippen molar-refractivity contribution in [3.05, 3.63) is 67.0 Å². The Labute approximate surface area is 160 Å². The molecule has 0 radical (unpaired) electrons. The van der Waals surface area contributed by atoms with E-state index < -0.39 is 4.92 Å². The molecule has 0 bridgehead atoms. The van der Waals surface area contributed by atoms with Crippen LogP contribution in [0.1, 0.15) is 10.7 Å². The summed E-state index contributed by atoms with van der Waals surface area (Å²) in [5.74, 6) is -0.0695. The molecule has 8 nitrogen and oxygen atoms in total. The summed E-state index contributed by atoms with van der Waals surface area (Å²) in [7, 11) is 0. The van der Waals surface area contributed by atoms with Gasteiger partial charge in [-0.05, 0) is 41.1 Å². The van der Waals surface area contributed by atoms with Gasteiger partial charge in [-0.15, -0.1) is 22.7 Å². The third-order valence-corrected chi connectivity index (χ3v) is 5.69. The van der Waals surface area contributed by atoms with Gasteiger partial charge in [0.05, 0.1) is 5.39 Å². The Balaban J connectivity index is 1.65. The van der Waals surface area contributed by atoms with Crippen molar-refractivity contribution < 1.29 is 9.66 Å². The van der Waals surface area contributed by atoms with Gasteiger partial charge in [0.25, 0.3) is 5.56 Å². The number of ether oxygens (including phenoxy) is 1. The Morgan fingerprint density at radius 3 is 2.93 bits per heavy atom. The molecule has 0 fully saturated rings. The Bertz CT molecular complexity index is 1210. The molecule has 136 valence electrons. The lowest BCUT2D eigenvalue weighted by Crippen LogP contribution is -2.13. The summed E-state index contributed by atoms with van der Waals surface area (Å²) in [6.07, 6.45) is 1.32. The molecule has 27 heavy (non-hydrogen) atoms. The third-order valence-electron chi connectivity index (χ3n) is 3.79. The number of aromatic amines is 1. The minimum Gasteiger partial charge on any atom is -0.478 e. The molecule has 4 heterocycles. The number of H-pyrrole nitrogens is 1. The second-order valence-corrected chi connectivity index (χ2v) is 7.77. The van der Waals surface area contributed by atoms with E-state index in [9.17, 15) is 14.9 Å². The van der Waals surface area contributed by atoms with Crippen LogP contribution in [0.3, 0.4) is 0 Å². The van der Waals surface area contributed by atoms with E-state index in [0.29, 0.717) is 16.0 Å². The number of thiophene rings is 2. The quantitative estimate of drug-likeness (QED) is 0.402. The monoisotopic (exact) mass is 400 g/mol. The van der Waals surface area contributed by atoms with Gasteiger partial charge >= 0.3 is 5.82 Å². The number of hydrogen-bond donors (Lipinski definition) is 1. The number of aromatic nitrogens is 3. The predicted octanol–water partition coefficient (Wildman–Crippen LogP) is 3.90. The largest absolute Gasteiger partial charge is 0.478 e. The summed E-state index contributed by atoms with van der Waals surface area (Å²) >= 11 is 2.99. The van der Waals surface area contributed by atoms with E-state index >= 15 is 0 Å². The highest BCUT2D eigenvalue weighted by Crippen LogP contribution is 2.35. The van der Waals surface area contributed by atoms with Gasteiger partial charge in [-0.25, -0.2) is 4.98 Å². The zero-order valence-electron chi connectivity index (χ0n) is 14.0. The molecule has 0 unspecified atom stereocenters. The van der Waals surface area contributed by atoms with Crippen LogP contribution in [0, 0.1) is 17.0 Å². The van der Waals surface area contributed by atoms with Crippen molar-refractivity contribution in [1.82, 2.24) is 15.0 Å². The number of rotatable bonds is 5. The highest BCUT2D eigenvalue weighted by atomic mass is 32.1. The minimum atomic E-state index is -0.622. The van der Waals surface area contributed by atoms with Gasteiger partial charge in [-0.1, -0.05) is 0 Å². The van der Waals surface area contributed by atoms with Gasteiger partial charge in [0.1, 0.15) is 23.5 Å². The van der Waals surface area contributed by atoms with E-state index in [0.717, 1.165) is 15.3 Å². The number of nitro groups is 1. The average Bonchev–Trinajstić information content (AvgIpc) is 3.26. The first-order chi connectivity index (χ1) is 13.0. The molecule has 4 rings (SSSR count). The Kier molecular flexibility index (Phi) is 4.42. The second kappa shape index (κ2) is 6.89. The highest BCUT2D eigenvalue weighted by molar-refractivity contribution is 7.19. The van der Waals surface area contributed by atoms with E-state index in [4.69, 9.17) is 4.74 Å². The van der Waals surface area contributed by atoms with Crippen LogP contribution in [0.5, 0.6) is 5.75 Å². The lowest BCUT2D eigenvalue weighted by molar-refractivity contribution is -0.390. The summed E-state index contributed by atoms with van der Waals surface area (Å²) in [5, 5.41) is 13.4. The van der Waals surface area contributed by atoms with Crippen molar-refractivity contribution in [1.29, 1.82) is 0 Å². The molecule has 0 atom stereocenters. The number of nitrogens with one attached hydrogen (secondary N) is 1. The molecule has 0 amide bonds. The van der Waals surface area contributed by atoms with Crippen LogP contribution in [0.25, 0.3) is 20.7 Å². The molecule has 4 aromatic rings. The fourth-order valence-electron chi connectivity index (χ4n) is 2.60. The molecule has 0 aliphatic heterocycles. The average molecular weight is 400 g/mol. The first kappa shape index (κ1) is 17.3. The number of fused-ring (bicyclic) bond motifs is 1. The van der Waals surface area contributed by atoms with Crippen molar-refractivity contribution >= 4 is 38.7 Å². The van der Waals surface area contributed by atoms with E-state index in [1.54, 1.807) is 11.3 Å². The lowest BCUT2D eigenvalue weighted by Gasteiger charge is -2.05. The molecule has 0 spiro atoms. The number of hydrogen-bond acceptors (Lipinski definition) is 8. The summed E-state index contributed by atoms with van der Waals surface area (Å²) in [5.41, 5.74) is 0.596. The lowest BCUT2D eigenvalue weighted by atomic mass is 10.2. The van der Waals surface area contributed by atoms with Gasteiger partial charge in [-0.2, -0.15) is 0 Å². The molecule has 0 saturated carbocycles. The highest BCUT2D eigenvalue weighted by Gasteiger charge is 2.17. The maximum Gasteiger partial charge on any atom is 0.406 e. The SMILES string of the molecule is Cc1ccc(-c2csc3nc(COc4cccnc4[N+](=O)[O-])[nH]c(=O)c23)s1. The summed E-state index contributed by atoms with van der Waals surface area (Å²) in [4.78, 5) is 36.6. The molecule has 1 N–H and O–H groups in total. The van der Waals surface area contributed by atoms with Gasteiger partial charge in [-0.3, -0.25) is 4.79 Å². The predicted molar refractivity (Wildman–Crippen MR) is 104 cm³/mol. The Hall–Kier alpha value is -3.11. The third kappa shape index (κ3) is 3.32. The van der Waals surface area contributed by atoms with Gasteiger partial charge < -0.3 is 19.8 Å². The van der Waals surface area contributed by atoms with Crippen LogP contribution in [-0.2, 0) is 6.61 Å². The second-order valence-electron chi connectivity index (χ2n) is 5.62. The fourth-order valence-corrected chi connectivity index (χ4v) is 4.52. The molecule has 0 aliphatic carbocycles. The normalized spacial score (nSPS) is 11.0. The molecular formula is C17H12N4O4S2. The van der Waals surface area contributed by atoms with Crippen LogP contribution in [-0.4, -0.2) is 19.9 Å². The summed E-state index contributed by atoms with van der Waals surface area (Å²) in [6, 6.07) is 6.98. The Morgan fingerprint density at radius 2 is 2.19 bits per heavy atom. The van der Waals surface area contributed by atoms with Gasteiger partial charge in [0, 0.05) is 20.7 Å². The smallest absolute Gasteiger partial charge is 0.406 e. The minimum absolute atomic E-state index is 0.0196. The molecule has 0 saturated heterocycles. The summed E-state index contributed by atoms with van der Waals surface area (Å²) in [6.45, 7) is 1.90. The van der Waals surface area contributed by atoms with Crippen molar-refractivity contribution in [2.24, 2.45) is 0 Å². The van der Waals surface area contributed by atoms with E-state index in [1.165, 1.54) is 29.7 Å². The number of aryl methyl sites for hydroxylation is 1. The van der Waals surface area contributed by atoms with E-state index in [2.05, 4.69) is 15.0 Å². The van der Waals surface area contributed by atoms with Crippen LogP contribution in [0.2, 0.25) is 0 Å². The van der Waals surface area contributed by atoms with Crippen LogP contribution in [0.15, 0.2) is 40.6 Å². The van der Waals surface area contributed by atoms with Crippen LogP contribution >= 0.6 is 22.7 Å². The Morgan fingerprint density at radius 1 is 1.33 bits per heavy atom. The molecule has 4 aromatic heterocycles. The molecule has 10 heteroatoms. The molecular weight excluding hydrogens is 388 g/mol. The molecule has 0 aromatic carbocycles. The zero-order chi connectivity index (χ0) is 19.0. The van der Waals surface area contributed by atoms with Crippen LogP contribution < -0.4 is 10.3 Å². The van der Waals surface area contributed by atoms with Crippen molar-refractivity contribution in [2.45, 2.75) is 13.5 Å². The zero-order valence-corrected chi connectivity index (χ0v) is 15.6. The maximum absolute atomic E-state index is 12.6. The first-order valence-corrected chi connectivity index (χ1v) is 9.52. The van der Waals surface area contributed by atoms with Crippen molar-refractivity contribution in [3.63, 3.8) is 0 Å². The first-order valence-electron chi connectivity index (χ1n) is 7.82. The van der Waals surface area contributed by atoms with Gasteiger partial charge in [0.15, 0.2) is 0 Å². The fraction of sp³-hybridized carbons (Fsp3) is 0.118. The van der Waals surface area contributed by atoms with Crippen molar-refractivity contribution in [2.75, 3.05) is 0 Å². The van der Waals surface area contributed by atoms with E-state index in [1.807, 2.05) is 24.4 Å². The maximum atomic E-state index is 12.6. The van der Waals surface area contributed by atoms with Gasteiger partial charge in [0.2, 0.25) is 5.75 Å². The molecule has 0 aliphatic rings.